The zero-order valence-electron chi connectivity index (χ0n) is 10.4. The van der Waals surface area contributed by atoms with Crippen LogP contribution in [0.5, 0.6) is 0 Å². The second kappa shape index (κ2) is 6.67. The van der Waals surface area contributed by atoms with Gasteiger partial charge in [0, 0.05) is 18.2 Å². The minimum absolute atomic E-state index is 0.0797. The highest BCUT2D eigenvalue weighted by Crippen LogP contribution is 2.24. The molecule has 0 aliphatic rings. The molecule has 1 atom stereocenters. The Kier molecular flexibility index (Phi) is 5.49. The molecule has 0 aliphatic carbocycles. The fourth-order valence-electron chi connectivity index (χ4n) is 1.67. The fourth-order valence-corrected chi connectivity index (χ4v) is 1.83. The van der Waals surface area contributed by atoms with E-state index in [9.17, 15) is 13.2 Å². The molecule has 19 heavy (non-hydrogen) atoms. The number of nitrogens with one attached hydrogen (secondary N) is 1. The normalized spacial score (nSPS) is 12.8. The van der Waals surface area contributed by atoms with Gasteiger partial charge in [0.25, 0.3) is 0 Å². The van der Waals surface area contributed by atoms with E-state index in [1.807, 2.05) is 6.07 Å². The van der Waals surface area contributed by atoms with E-state index in [1.165, 1.54) is 0 Å². The maximum atomic E-state index is 12.0. The molecule has 1 aromatic carbocycles. The van der Waals surface area contributed by atoms with Gasteiger partial charge < -0.3 is 5.32 Å². The van der Waals surface area contributed by atoms with Crippen molar-refractivity contribution in [2.75, 3.05) is 5.32 Å². The summed E-state index contributed by atoms with van der Waals surface area (Å²) < 4.78 is 36.0. The predicted molar refractivity (Wildman–Crippen MR) is 69.2 cm³/mol. The fraction of sp³-hybridized carbons (Fsp3) is 0.462. The highest BCUT2D eigenvalue weighted by atomic mass is 35.5. The number of rotatable bonds is 5. The number of hydrogen-bond donors (Lipinski definition) is 1. The van der Waals surface area contributed by atoms with Crippen LogP contribution in [0.3, 0.4) is 0 Å². The van der Waals surface area contributed by atoms with Crippen molar-refractivity contribution in [3.8, 4) is 6.07 Å². The van der Waals surface area contributed by atoms with Gasteiger partial charge in [0.15, 0.2) is 0 Å². The van der Waals surface area contributed by atoms with Gasteiger partial charge in [-0.2, -0.15) is 18.4 Å². The van der Waals surface area contributed by atoms with Gasteiger partial charge in [-0.15, -0.1) is 0 Å². The average molecular weight is 291 g/mol. The summed E-state index contributed by atoms with van der Waals surface area (Å²) in [6, 6.07) is 6.72. The van der Waals surface area contributed by atoms with Crippen LogP contribution in [0.4, 0.5) is 18.9 Å². The number of alkyl halides is 3. The largest absolute Gasteiger partial charge is 0.389 e. The summed E-state index contributed by atoms with van der Waals surface area (Å²) in [5.74, 6) is 0. The van der Waals surface area contributed by atoms with E-state index in [2.05, 4.69) is 5.32 Å². The summed E-state index contributed by atoms with van der Waals surface area (Å²) in [4.78, 5) is 0. The van der Waals surface area contributed by atoms with Crippen LogP contribution in [0.25, 0.3) is 0 Å². The third-order valence-corrected chi connectivity index (χ3v) is 2.93. The van der Waals surface area contributed by atoms with Crippen LogP contribution >= 0.6 is 11.6 Å². The Bertz CT molecular complexity index is 466. The van der Waals surface area contributed by atoms with Crippen molar-refractivity contribution in [1.82, 2.24) is 0 Å². The maximum absolute atomic E-state index is 12.0. The van der Waals surface area contributed by atoms with E-state index in [4.69, 9.17) is 16.9 Å². The van der Waals surface area contributed by atoms with Gasteiger partial charge in [0.05, 0.1) is 10.6 Å². The quantitative estimate of drug-likeness (QED) is 0.850. The summed E-state index contributed by atoms with van der Waals surface area (Å²) in [6.07, 6.45) is -4.39. The minimum atomic E-state index is -4.10. The molecule has 0 fully saturated rings. The first-order chi connectivity index (χ1) is 8.81. The lowest BCUT2D eigenvalue weighted by molar-refractivity contribution is -0.135. The van der Waals surface area contributed by atoms with Crippen LogP contribution in [-0.2, 0) is 0 Å². The Morgan fingerprint density at radius 1 is 1.42 bits per heavy atom. The first-order valence-electron chi connectivity index (χ1n) is 5.85. The predicted octanol–water partition coefficient (Wildman–Crippen LogP) is 4.74. The first kappa shape index (κ1) is 15.6. The van der Waals surface area contributed by atoms with Crippen LogP contribution in [-0.4, -0.2) is 12.2 Å². The van der Waals surface area contributed by atoms with E-state index in [1.54, 1.807) is 25.1 Å². The Morgan fingerprint density at radius 3 is 2.68 bits per heavy atom. The summed E-state index contributed by atoms with van der Waals surface area (Å²) in [7, 11) is 0. The van der Waals surface area contributed by atoms with Crippen molar-refractivity contribution in [1.29, 1.82) is 5.26 Å². The van der Waals surface area contributed by atoms with E-state index in [-0.39, 0.29) is 12.5 Å². The molecule has 0 aliphatic heterocycles. The molecule has 104 valence electrons. The van der Waals surface area contributed by atoms with Crippen LogP contribution in [0.15, 0.2) is 18.2 Å². The highest BCUT2D eigenvalue weighted by molar-refractivity contribution is 6.31. The zero-order valence-corrected chi connectivity index (χ0v) is 11.1. The summed E-state index contributed by atoms with van der Waals surface area (Å²) in [5, 5.41) is 12.2. The zero-order chi connectivity index (χ0) is 14.5. The lowest BCUT2D eigenvalue weighted by atomic mass is 10.1. The van der Waals surface area contributed by atoms with Gasteiger partial charge in [-0.1, -0.05) is 11.6 Å². The summed E-state index contributed by atoms with van der Waals surface area (Å²) in [6.45, 7) is 1.80. The topological polar surface area (TPSA) is 35.8 Å². The van der Waals surface area contributed by atoms with Gasteiger partial charge in [-0.05, 0) is 38.0 Å². The van der Waals surface area contributed by atoms with E-state index < -0.39 is 12.6 Å². The van der Waals surface area contributed by atoms with Crippen LogP contribution in [0.1, 0.15) is 31.7 Å². The molecule has 6 heteroatoms. The monoisotopic (exact) mass is 290 g/mol. The lowest BCUT2D eigenvalue weighted by Crippen LogP contribution is -2.16. The first-order valence-corrected chi connectivity index (χ1v) is 6.22. The van der Waals surface area contributed by atoms with Crippen LogP contribution < -0.4 is 5.32 Å². The van der Waals surface area contributed by atoms with E-state index in [0.29, 0.717) is 22.7 Å². The molecule has 0 radical (unpaired) electrons. The number of nitrogens with zero attached hydrogens (tertiary/aromatic N) is 1. The molecular formula is C13H14ClF3N2. The molecule has 0 aromatic heterocycles. The molecule has 0 saturated heterocycles. The van der Waals surface area contributed by atoms with Crippen LogP contribution in [0.2, 0.25) is 5.02 Å². The number of benzene rings is 1. The molecule has 0 amide bonds. The van der Waals surface area contributed by atoms with Crippen molar-refractivity contribution < 1.29 is 13.2 Å². The molecule has 0 spiro atoms. The van der Waals surface area contributed by atoms with Crippen molar-refractivity contribution in [2.45, 2.75) is 38.4 Å². The smallest absolute Gasteiger partial charge is 0.383 e. The highest BCUT2D eigenvalue weighted by Gasteiger charge is 2.26. The van der Waals surface area contributed by atoms with E-state index in [0.717, 1.165) is 0 Å². The average Bonchev–Trinajstić information content (AvgIpc) is 2.30. The van der Waals surface area contributed by atoms with Crippen molar-refractivity contribution in [3.05, 3.63) is 28.8 Å². The van der Waals surface area contributed by atoms with Gasteiger partial charge in [-0.3, -0.25) is 0 Å². The van der Waals surface area contributed by atoms with Crippen molar-refractivity contribution >= 4 is 17.3 Å². The Labute approximate surface area is 115 Å². The number of halogens is 4. The third kappa shape index (κ3) is 5.84. The third-order valence-electron chi connectivity index (χ3n) is 2.60. The summed E-state index contributed by atoms with van der Waals surface area (Å²) in [5.41, 5.74) is 1.02. The molecule has 0 bridgehead atoms. The van der Waals surface area contributed by atoms with Crippen molar-refractivity contribution in [3.63, 3.8) is 0 Å². The Balaban J connectivity index is 2.49. The van der Waals surface area contributed by atoms with Crippen molar-refractivity contribution in [2.24, 2.45) is 0 Å². The van der Waals surface area contributed by atoms with E-state index >= 15 is 0 Å². The number of nitriles is 1. The Morgan fingerprint density at radius 2 is 2.11 bits per heavy atom. The second-order valence-electron chi connectivity index (χ2n) is 4.36. The molecule has 1 N–H and O–H groups in total. The molecule has 0 heterocycles. The van der Waals surface area contributed by atoms with Crippen LogP contribution in [0, 0.1) is 11.3 Å². The molecular weight excluding hydrogens is 277 g/mol. The van der Waals surface area contributed by atoms with Gasteiger partial charge in [-0.25, -0.2) is 0 Å². The molecule has 1 rings (SSSR count). The standard InChI is InChI=1S/C13H14ClF3N2/c1-9(3-2-6-13(15,16)17)19-11-4-5-12(14)10(7-11)8-18/h4-5,7,9,19H,2-3,6H2,1H3. The molecule has 2 nitrogen and oxygen atoms in total. The maximum Gasteiger partial charge on any atom is 0.389 e. The number of anilines is 1. The van der Waals surface area contributed by atoms with Gasteiger partial charge in [0.1, 0.15) is 6.07 Å². The second-order valence-corrected chi connectivity index (χ2v) is 4.77. The van der Waals surface area contributed by atoms with Gasteiger partial charge in [0.2, 0.25) is 0 Å². The SMILES string of the molecule is CC(CCCC(F)(F)F)Nc1ccc(Cl)c(C#N)c1. The number of hydrogen-bond acceptors (Lipinski definition) is 2. The van der Waals surface area contributed by atoms with Gasteiger partial charge >= 0.3 is 6.18 Å². The molecule has 0 saturated carbocycles. The minimum Gasteiger partial charge on any atom is -0.383 e. The Hall–Kier alpha value is -1.41. The molecule has 1 aromatic rings. The lowest BCUT2D eigenvalue weighted by Gasteiger charge is -2.16. The molecule has 1 unspecified atom stereocenters. The summed E-state index contributed by atoms with van der Waals surface area (Å²) >= 11 is 5.79.